The predicted octanol–water partition coefficient (Wildman–Crippen LogP) is 4.91. The maximum atomic E-state index is 15.5. The number of benzene rings is 3. The van der Waals surface area contributed by atoms with E-state index in [1.165, 1.54) is 25.0 Å². The van der Waals surface area contributed by atoms with E-state index in [4.69, 9.17) is 0 Å². The average Bonchev–Trinajstić information content (AvgIpc) is 3.69. The number of fused-ring (bicyclic) bond motifs is 1. The van der Waals surface area contributed by atoms with E-state index >= 15 is 4.39 Å². The molecule has 0 spiro atoms. The highest BCUT2D eigenvalue weighted by molar-refractivity contribution is 7.90. The van der Waals surface area contributed by atoms with Crippen molar-refractivity contribution in [3.63, 3.8) is 0 Å². The number of ketones is 1. The molecule has 2 aromatic heterocycles. The van der Waals surface area contributed by atoms with E-state index < -0.39 is 44.9 Å². The Bertz CT molecular complexity index is 2650. The molecule has 2 aliphatic rings. The number of rotatable bonds is 13. The van der Waals surface area contributed by atoms with Gasteiger partial charge < -0.3 is 20.5 Å². The zero-order valence-electron chi connectivity index (χ0n) is 33.5. The molecule has 1 atom stereocenters. The third kappa shape index (κ3) is 9.94. The number of likely N-dealkylation sites (tertiary alicyclic amines) is 1. The van der Waals surface area contributed by atoms with Crippen LogP contribution in [-0.2, 0) is 19.8 Å². The molecule has 14 nitrogen and oxygen atoms in total. The SMILES string of the molecule is CCN(C)S(=O)(=O)Nc1ccc(F)c(C(=O)c2c[nH]c3ncc(C#Cc4ccc(C(=O)NCCN5CCC(c6ccc(NC7CCC(=O)NC7=O)cc6)CC5)cc4)cc23)c1F. The quantitative estimate of drug-likeness (QED) is 0.0624. The van der Waals surface area contributed by atoms with Gasteiger partial charge in [-0.1, -0.05) is 30.9 Å². The lowest BCUT2D eigenvalue weighted by atomic mass is 9.89. The smallest absolute Gasteiger partial charge is 0.301 e. The first kappa shape index (κ1) is 42.6. The standard InChI is InChI=1S/C44H44F2N8O6S/c1-3-53(2)61(59,60)52-36-15-14-35(45)39(40(36)46)41(56)34-26-49-42-33(34)24-28(25-48-42)5-4-27-6-8-31(9-7-27)43(57)47-20-23-54-21-18-30(19-22-54)29-10-12-32(13-11-29)50-37-16-17-38(55)51-44(37)58/h6-15,24-26,30,37,50,52H,3,16-23H2,1-2H3,(H,47,57)(H,48,49)(H,51,55,58). The van der Waals surface area contributed by atoms with Crippen LogP contribution in [0.5, 0.6) is 0 Å². The lowest BCUT2D eigenvalue weighted by Gasteiger charge is -2.32. The summed E-state index contributed by atoms with van der Waals surface area (Å²) >= 11 is 0. The molecule has 5 aromatic rings. The fraction of sp³-hybridized carbons (Fsp3) is 0.295. The highest BCUT2D eigenvalue weighted by Crippen LogP contribution is 2.30. The number of nitrogens with one attached hydrogen (secondary N) is 5. The van der Waals surface area contributed by atoms with Crippen molar-refractivity contribution in [1.29, 1.82) is 0 Å². The predicted molar refractivity (Wildman–Crippen MR) is 226 cm³/mol. The zero-order chi connectivity index (χ0) is 43.3. The van der Waals surface area contributed by atoms with Crippen LogP contribution < -0.4 is 20.7 Å². The Kier molecular flexibility index (Phi) is 12.9. The van der Waals surface area contributed by atoms with E-state index in [0.29, 0.717) is 42.0 Å². The fourth-order valence-electron chi connectivity index (χ4n) is 7.27. The second-order valence-corrected chi connectivity index (χ2v) is 16.7. The number of aromatic amines is 1. The number of aromatic nitrogens is 2. The third-order valence-electron chi connectivity index (χ3n) is 11.0. The van der Waals surface area contributed by atoms with Crippen molar-refractivity contribution in [3.8, 4) is 11.8 Å². The minimum Gasteiger partial charge on any atom is -0.374 e. The van der Waals surface area contributed by atoms with Crippen LogP contribution in [0.3, 0.4) is 0 Å². The van der Waals surface area contributed by atoms with Gasteiger partial charge in [0.05, 0.1) is 11.3 Å². The van der Waals surface area contributed by atoms with Crippen LogP contribution in [0.1, 0.15) is 81.5 Å². The molecule has 0 saturated carbocycles. The number of hydrogen-bond acceptors (Lipinski definition) is 9. The number of halogens is 2. The van der Waals surface area contributed by atoms with Crippen molar-refractivity contribution >= 4 is 56.1 Å². The first-order valence-electron chi connectivity index (χ1n) is 19.9. The molecule has 2 fully saturated rings. The number of hydrogen-bond donors (Lipinski definition) is 5. The summed E-state index contributed by atoms with van der Waals surface area (Å²) < 4.78 is 58.4. The summed E-state index contributed by atoms with van der Waals surface area (Å²) in [4.78, 5) is 59.4. The Morgan fingerprint density at radius 3 is 2.39 bits per heavy atom. The van der Waals surface area contributed by atoms with Crippen LogP contribution in [0.15, 0.2) is 79.1 Å². The summed E-state index contributed by atoms with van der Waals surface area (Å²) in [6, 6.07) is 17.8. The first-order chi connectivity index (χ1) is 29.3. The Labute approximate surface area is 351 Å². The Hall–Kier alpha value is -6.48. The summed E-state index contributed by atoms with van der Waals surface area (Å²) in [6.07, 6.45) is 5.54. The van der Waals surface area contributed by atoms with E-state index in [9.17, 15) is 32.0 Å². The maximum Gasteiger partial charge on any atom is 0.301 e. The van der Waals surface area contributed by atoms with Gasteiger partial charge in [0.15, 0.2) is 5.82 Å². The molecule has 5 N–H and O–H groups in total. The summed E-state index contributed by atoms with van der Waals surface area (Å²) in [7, 11) is -2.86. The molecular formula is C44H44F2N8O6S. The Balaban J connectivity index is 0.901. The number of H-pyrrole nitrogens is 1. The van der Waals surface area contributed by atoms with Gasteiger partial charge in [-0.2, -0.15) is 12.7 Å². The molecule has 0 bridgehead atoms. The number of imide groups is 1. The number of anilines is 2. The second-order valence-electron chi connectivity index (χ2n) is 14.9. The van der Waals surface area contributed by atoms with Crippen LogP contribution in [-0.4, -0.2) is 96.9 Å². The second kappa shape index (κ2) is 18.4. The van der Waals surface area contributed by atoms with Crippen LogP contribution >= 0.6 is 0 Å². The summed E-state index contributed by atoms with van der Waals surface area (Å²) in [6.45, 7) is 4.70. The zero-order valence-corrected chi connectivity index (χ0v) is 34.3. The number of carbonyl (C=O) groups is 4. The van der Waals surface area contributed by atoms with Gasteiger partial charge in [-0.15, -0.1) is 0 Å². The Morgan fingerprint density at radius 1 is 0.967 bits per heavy atom. The molecule has 7 rings (SSSR count). The lowest BCUT2D eigenvalue weighted by Crippen LogP contribution is -2.47. The number of pyridine rings is 1. The Morgan fingerprint density at radius 2 is 1.69 bits per heavy atom. The minimum absolute atomic E-state index is 0.0836. The molecule has 17 heteroatoms. The van der Waals surface area contributed by atoms with Crippen LogP contribution in [0, 0.1) is 23.5 Å². The van der Waals surface area contributed by atoms with E-state index in [1.807, 2.05) is 12.1 Å². The van der Waals surface area contributed by atoms with Gasteiger partial charge in [-0.3, -0.25) is 29.2 Å². The van der Waals surface area contributed by atoms with Gasteiger partial charge in [0.2, 0.25) is 17.6 Å². The minimum atomic E-state index is -4.15. The van der Waals surface area contributed by atoms with Crippen molar-refractivity contribution < 1.29 is 36.4 Å². The normalized spacial score (nSPS) is 16.2. The van der Waals surface area contributed by atoms with E-state index in [-0.39, 0.29) is 40.9 Å². The molecule has 61 heavy (non-hydrogen) atoms. The number of piperidine rings is 2. The largest absolute Gasteiger partial charge is 0.374 e. The number of amides is 3. The summed E-state index contributed by atoms with van der Waals surface area (Å²) in [5.41, 5.74) is 2.29. The van der Waals surface area contributed by atoms with Crippen molar-refractivity contribution in [1.82, 2.24) is 29.8 Å². The van der Waals surface area contributed by atoms with E-state index in [1.54, 1.807) is 37.3 Å². The molecule has 316 valence electrons. The van der Waals surface area contributed by atoms with E-state index in [2.05, 4.69) is 59.5 Å². The number of carbonyl (C=O) groups excluding carboxylic acids is 4. The van der Waals surface area contributed by atoms with Crippen molar-refractivity contribution in [2.24, 2.45) is 0 Å². The molecule has 0 radical (unpaired) electrons. The van der Waals surface area contributed by atoms with Crippen molar-refractivity contribution in [2.45, 2.75) is 44.6 Å². The van der Waals surface area contributed by atoms with Crippen LogP contribution in [0.2, 0.25) is 0 Å². The molecule has 2 aliphatic heterocycles. The van der Waals surface area contributed by atoms with Crippen molar-refractivity contribution in [3.05, 3.63) is 124 Å². The van der Waals surface area contributed by atoms with Gasteiger partial charge >= 0.3 is 10.2 Å². The lowest BCUT2D eigenvalue weighted by molar-refractivity contribution is -0.133. The molecule has 4 heterocycles. The topological polar surface area (TPSA) is 186 Å². The van der Waals surface area contributed by atoms with Gasteiger partial charge in [0.1, 0.15) is 17.5 Å². The molecule has 3 amide bonds. The molecule has 1 unspecified atom stereocenters. The third-order valence-corrected chi connectivity index (χ3v) is 12.5. The van der Waals surface area contributed by atoms with Crippen LogP contribution in [0.25, 0.3) is 11.0 Å². The van der Waals surface area contributed by atoms with E-state index in [0.717, 1.165) is 54.6 Å². The average molecular weight is 851 g/mol. The van der Waals surface area contributed by atoms with Gasteiger partial charge in [0.25, 0.3) is 5.91 Å². The van der Waals surface area contributed by atoms with Gasteiger partial charge in [-0.25, -0.2) is 13.8 Å². The fourth-order valence-corrected chi connectivity index (χ4v) is 8.20. The van der Waals surface area contributed by atoms with Gasteiger partial charge in [0, 0.05) is 78.8 Å². The first-order valence-corrected chi connectivity index (χ1v) is 21.3. The molecule has 2 saturated heterocycles. The van der Waals surface area contributed by atoms with Crippen LogP contribution in [0.4, 0.5) is 20.2 Å². The molecular weight excluding hydrogens is 807 g/mol. The summed E-state index contributed by atoms with van der Waals surface area (Å²) in [5, 5.41) is 8.84. The number of nitrogens with zero attached hydrogens (tertiary/aromatic N) is 3. The summed E-state index contributed by atoms with van der Waals surface area (Å²) in [5.74, 6) is 2.14. The van der Waals surface area contributed by atoms with Crippen molar-refractivity contribution in [2.75, 3.05) is 49.8 Å². The van der Waals surface area contributed by atoms with Gasteiger partial charge in [-0.05, 0) is 98.4 Å². The monoisotopic (exact) mass is 850 g/mol. The highest BCUT2D eigenvalue weighted by Gasteiger charge is 2.28. The highest BCUT2D eigenvalue weighted by atomic mass is 32.2. The molecule has 0 aliphatic carbocycles. The maximum absolute atomic E-state index is 15.5. The molecule has 3 aromatic carbocycles.